The number of amides is 1. The van der Waals surface area contributed by atoms with Crippen LogP contribution in [0.3, 0.4) is 0 Å². The molecule has 1 rings (SSSR count). The second kappa shape index (κ2) is 4.52. The van der Waals surface area contributed by atoms with Crippen LogP contribution in [0, 0.1) is 0 Å². The van der Waals surface area contributed by atoms with Crippen molar-refractivity contribution in [3.8, 4) is 0 Å². The molecule has 1 aliphatic heterocycles. The zero-order valence-corrected chi connectivity index (χ0v) is 10.9. The Kier molecular flexibility index (Phi) is 3.66. The van der Waals surface area contributed by atoms with Gasteiger partial charge in [0, 0.05) is 0 Å². The van der Waals surface area contributed by atoms with E-state index in [4.69, 9.17) is 14.2 Å². The fourth-order valence-electron chi connectivity index (χ4n) is 1.58. The van der Waals surface area contributed by atoms with Gasteiger partial charge in [-0.25, -0.2) is 9.69 Å². The van der Waals surface area contributed by atoms with Crippen LogP contribution in [0.2, 0.25) is 0 Å². The number of rotatable bonds is 2. The third-order valence-electron chi connectivity index (χ3n) is 2.25. The van der Waals surface area contributed by atoms with Crippen LogP contribution in [0.25, 0.3) is 0 Å². The van der Waals surface area contributed by atoms with Gasteiger partial charge in [0.2, 0.25) is 6.23 Å². The summed E-state index contributed by atoms with van der Waals surface area (Å²) in [6.45, 7) is 9.17. The van der Waals surface area contributed by atoms with Crippen LogP contribution in [-0.2, 0) is 19.0 Å². The van der Waals surface area contributed by atoms with E-state index in [1.54, 1.807) is 34.6 Å². The van der Waals surface area contributed by atoms with Crippen molar-refractivity contribution in [2.45, 2.75) is 52.2 Å². The van der Waals surface area contributed by atoms with Gasteiger partial charge in [-0.3, -0.25) is 4.79 Å². The molecule has 1 aliphatic rings. The molecule has 1 saturated heterocycles. The van der Waals surface area contributed by atoms with Crippen molar-refractivity contribution in [2.75, 3.05) is 6.61 Å². The smallest absolute Gasteiger partial charge is 0.415 e. The van der Waals surface area contributed by atoms with Gasteiger partial charge in [0.25, 0.3) is 6.47 Å². The molecule has 0 aromatic heterocycles. The lowest BCUT2D eigenvalue weighted by molar-refractivity contribution is -0.141. The minimum Gasteiger partial charge on any atom is -0.444 e. The van der Waals surface area contributed by atoms with Gasteiger partial charge >= 0.3 is 6.09 Å². The minimum absolute atomic E-state index is 0.144. The van der Waals surface area contributed by atoms with Crippen molar-refractivity contribution in [2.24, 2.45) is 0 Å². The number of carbonyl (C=O) groups is 2. The van der Waals surface area contributed by atoms with E-state index < -0.39 is 23.6 Å². The first kappa shape index (κ1) is 13.8. The predicted octanol–water partition coefficient (Wildman–Crippen LogP) is 1.49. The van der Waals surface area contributed by atoms with E-state index in [0.29, 0.717) is 6.47 Å². The molecule has 0 aromatic carbocycles. The second-order valence-electron chi connectivity index (χ2n) is 5.30. The largest absolute Gasteiger partial charge is 0.444 e. The number of ether oxygens (including phenoxy) is 3. The Bertz CT molecular complexity index is 307. The molecular weight excluding hydrogens is 226 g/mol. The van der Waals surface area contributed by atoms with E-state index in [0.717, 1.165) is 0 Å². The molecule has 0 aromatic rings. The fraction of sp³-hybridized carbons (Fsp3) is 0.818. The monoisotopic (exact) mass is 245 g/mol. The molecule has 1 heterocycles. The summed E-state index contributed by atoms with van der Waals surface area (Å²) in [5.41, 5.74) is -1.46. The van der Waals surface area contributed by atoms with Crippen LogP contribution in [0.15, 0.2) is 0 Å². The van der Waals surface area contributed by atoms with Gasteiger partial charge in [0.1, 0.15) is 17.9 Å². The predicted molar refractivity (Wildman–Crippen MR) is 59.0 cm³/mol. The van der Waals surface area contributed by atoms with Crippen molar-refractivity contribution >= 4 is 12.6 Å². The van der Waals surface area contributed by atoms with Gasteiger partial charge in [0.15, 0.2) is 0 Å². The maximum absolute atomic E-state index is 12.0. The van der Waals surface area contributed by atoms with Crippen molar-refractivity contribution < 1.29 is 23.8 Å². The first-order valence-corrected chi connectivity index (χ1v) is 5.43. The summed E-state index contributed by atoms with van der Waals surface area (Å²) in [5.74, 6) is 0. The summed E-state index contributed by atoms with van der Waals surface area (Å²) >= 11 is 0. The van der Waals surface area contributed by atoms with Gasteiger partial charge < -0.3 is 14.2 Å². The van der Waals surface area contributed by atoms with Gasteiger partial charge in [0.05, 0.1) is 0 Å². The molecule has 6 nitrogen and oxygen atoms in total. The van der Waals surface area contributed by atoms with E-state index in [-0.39, 0.29) is 6.61 Å². The molecule has 0 saturated carbocycles. The van der Waals surface area contributed by atoms with Crippen LogP contribution in [0.4, 0.5) is 4.79 Å². The Morgan fingerprint density at radius 1 is 1.47 bits per heavy atom. The quantitative estimate of drug-likeness (QED) is 0.689. The van der Waals surface area contributed by atoms with E-state index in [1.807, 2.05) is 0 Å². The highest BCUT2D eigenvalue weighted by Gasteiger charge is 2.47. The Balaban J connectivity index is 2.82. The zero-order valence-electron chi connectivity index (χ0n) is 10.9. The van der Waals surface area contributed by atoms with Crippen molar-refractivity contribution in [1.82, 2.24) is 4.90 Å². The van der Waals surface area contributed by atoms with Gasteiger partial charge in [-0.1, -0.05) is 0 Å². The first-order chi connectivity index (χ1) is 7.67. The van der Waals surface area contributed by atoms with Crippen LogP contribution in [-0.4, -0.2) is 41.6 Å². The molecule has 0 N–H and O–H groups in total. The third-order valence-corrected chi connectivity index (χ3v) is 2.25. The SMILES string of the molecule is CC(C)(C)OC(=O)N1[C@@H](OC=O)COC1(C)C. The molecule has 98 valence electrons. The lowest BCUT2D eigenvalue weighted by Crippen LogP contribution is -2.50. The van der Waals surface area contributed by atoms with E-state index in [9.17, 15) is 9.59 Å². The third kappa shape index (κ3) is 3.33. The van der Waals surface area contributed by atoms with Crippen molar-refractivity contribution in [3.63, 3.8) is 0 Å². The average molecular weight is 245 g/mol. The van der Waals surface area contributed by atoms with Gasteiger partial charge in [-0.2, -0.15) is 0 Å². The van der Waals surface area contributed by atoms with Crippen molar-refractivity contribution in [3.05, 3.63) is 0 Å². The van der Waals surface area contributed by atoms with E-state index in [1.165, 1.54) is 4.90 Å². The highest BCUT2D eigenvalue weighted by atomic mass is 16.6. The standard InChI is InChI=1S/C11H19NO5/c1-10(2,3)17-9(14)12-8(15-7-13)6-16-11(12,4)5/h7-8H,6H2,1-5H3/t8-/m0/s1. The normalized spacial score (nSPS) is 23.4. The van der Waals surface area contributed by atoms with Crippen LogP contribution < -0.4 is 0 Å². The second-order valence-corrected chi connectivity index (χ2v) is 5.30. The number of carbonyl (C=O) groups excluding carboxylic acids is 2. The fourth-order valence-corrected chi connectivity index (χ4v) is 1.58. The summed E-state index contributed by atoms with van der Waals surface area (Å²) in [6, 6.07) is 0. The molecule has 1 atom stereocenters. The number of nitrogens with zero attached hydrogens (tertiary/aromatic N) is 1. The molecule has 0 radical (unpaired) electrons. The molecule has 17 heavy (non-hydrogen) atoms. The van der Waals surface area contributed by atoms with Crippen molar-refractivity contribution in [1.29, 1.82) is 0 Å². The molecular formula is C11H19NO5. The summed E-state index contributed by atoms with van der Waals surface area (Å²) in [7, 11) is 0. The maximum Gasteiger partial charge on any atom is 0.415 e. The molecule has 1 fully saturated rings. The Morgan fingerprint density at radius 3 is 2.53 bits per heavy atom. The molecule has 0 spiro atoms. The first-order valence-electron chi connectivity index (χ1n) is 5.43. The van der Waals surface area contributed by atoms with E-state index >= 15 is 0 Å². The van der Waals surface area contributed by atoms with Crippen LogP contribution >= 0.6 is 0 Å². The van der Waals surface area contributed by atoms with E-state index in [2.05, 4.69) is 0 Å². The summed E-state index contributed by atoms with van der Waals surface area (Å²) < 4.78 is 15.4. The molecule has 0 aliphatic carbocycles. The summed E-state index contributed by atoms with van der Waals surface area (Å²) in [5, 5.41) is 0. The summed E-state index contributed by atoms with van der Waals surface area (Å²) in [6.07, 6.45) is -1.30. The number of hydrogen-bond donors (Lipinski definition) is 0. The Hall–Kier alpha value is -1.30. The van der Waals surface area contributed by atoms with Crippen LogP contribution in [0.5, 0.6) is 0 Å². The van der Waals surface area contributed by atoms with Gasteiger partial charge in [-0.15, -0.1) is 0 Å². The molecule has 1 amide bonds. The molecule has 0 unspecified atom stereocenters. The lowest BCUT2D eigenvalue weighted by Gasteiger charge is -2.33. The maximum atomic E-state index is 12.0. The highest BCUT2D eigenvalue weighted by molar-refractivity contribution is 5.69. The Labute approximate surface area is 101 Å². The highest BCUT2D eigenvalue weighted by Crippen LogP contribution is 2.29. The summed E-state index contributed by atoms with van der Waals surface area (Å²) in [4.78, 5) is 23.6. The molecule has 0 bridgehead atoms. The Morgan fingerprint density at radius 2 is 2.06 bits per heavy atom. The van der Waals surface area contributed by atoms with Crippen LogP contribution in [0.1, 0.15) is 34.6 Å². The lowest BCUT2D eigenvalue weighted by atomic mass is 10.2. The average Bonchev–Trinajstić information content (AvgIpc) is 2.39. The van der Waals surface area contributed by atoms with Gasteiger partial charge in [-0.05, 0) is 34.6 Å². The minimum atomic E-state index is -0.851. The topological polar surface area (TPSA) is 65.1 Å². The zero-order chi connectivity index (χ0) is 13.3. The molecule has 6 heteroatoms. The number of hydrogen-bond acceptors (Lipinski definition) is 5.